The van der Waals surface area contributed by atoms with Gasteiger partial charge < -0.3 is 14.2 Å². The molecule has 150 valence electrons. The number of hydrogen-bond donors (Lipinski definition) is 0. The van der Waals surface area contributed by atoms with Crippen molar-refractivity contribution in [3.05, 3.63) is 65.0 Å². The van der Waals surface area contributed by atoms with Gasteiger partial charge in [0.25, 0.3) is 0 Å². The molecular weight excluding hydrogens is 357 g/mol. The molecule has 0 unspecified atom stereocenters. The highest BCUT2D eigenvalue weighted by atomic mass is 19.1. The highest BCUT2D eigenvalue weighted by Crippen LogP contribution is 2.24. The summed E-state index contributed by atoms with van der Waals surface area (Å²) < 4.78 is 31.0. The minimum atomic E-state index is -0.235. The minimum absolute atomic E-state index is 0.235. The molecule has 2 aliphatic rings. The average molecular weight is 385 g/mol. The van der Waals surface area contributed by atoms with Crippen molar-refractivity contribution in [2.75, 3.05) is 39.6 Å². The zero-order chi connectivity index (χ0) is 19.2. The van der Waals surface area contributed by atoms with Crippen LogP contribution in [-0.4, -0.2) is 50.5 Å². The maximum absolute atomic E-state index is 13.8. The van der Waals surface area contributed by atoms with Gasteiger partial charge >= 0.3 is 0 Å². The maximum atomic E-state index is 13.8. The van der Waals surface area contributed by atoms with E-state index < -0.39 is 0 Å². The summed E-state index contributed by atoms with van der Waals surface area (Å²) in [4.78, 5) is 2.52. The third-order valence-corrected chi connectivity index (χ3v) is 5.51. The van der Waals surface area contributed by atoms with Gasteiger partial charge in [0.05, 0.1) is 13.2 Å². The molecule has 4 nitrogen and oxygen atoms in total. The Morgan fingerprint density at radius 3 is 2.57 bits per heavy atom. The quantitative estimate of drug-likeness (QED) is 0.747. The molecule has 5 heteroatoms. The zero-order valence-electron chi connectivity index (χ0n) is 16.2. The van der Waals surface area contributed by atoms with Gasteiger partial charge in [0, 0.05) is 44.3 Å². The molecule has 0 saturated carbocycles. The number of nitrogens with zero attached hydrogens (tertiary/aromatic N) is 1. The third kappa shape index (κ3) is 5.10. The van der Waals surface area contributed by atoms with Crippen LogP contribution in [0.15, 0.2) is 42.5 Å². The molecule has 2 heterocycles. The van der Waals surface area contributed by atoms with Crippen molar-refractivity contribution >= 4 is 0 Å². The monoisotopic (exact) mass is 385 g/mol. The van der Waals surface area contributed by atoms with E-state index in [-0.39, 0.29) is 5.82 Å². The largest absolute Gasteiger partial charge is 0.491 e. The predicted octanol–water partition coefficient (Wildman–Crippen LogP) is 3.81. The molecule has 0 aliphatic carbocycles. The van der Waals surface area contributed by atoms with Crippen molar-refractivity contribution in [3.63, 3.8) is 0 Å². The molecule has 2 aromatic rings. The van der Waals surface area contributed by atoms with Crippen molar-refractivity contribution in [3.8, 4) is 5.75 Å². The number of halogens is 1. The molecule has 0 spiro atoms. The summed E-state index contributed by atoms with van der Waals surface area (Å²) in [5.74, 6) is 0.498. The van der Waals surface area contributed by atoms with E-state index in [1.807, 2.05) is 0 Å². The second-order valence-electron chi connectivity index (χ2n) is 7.52. The van der Waals surface area contributed by atoms with E-state index in [0.29, 0.717) is 32.3 Å². The molecule has 2 aliphatic heterocycles. The standard InChI is InChI=1S/C23H28FNO3/c24-21-4-5-23-20(16-21)15-18-2-1-3-19(14-18)17-25(8-11-27-12-13-28-23)22-6-9-26-10-7-22/h1-5,14,16,22H,6-13,15,17H2. The average Bonchev–Trinajstić information content (AvgIpc) is 2.71. The smallest absolute Gasteiger partial charge is 0.123 e. The van der Waals surface area contributed by atoms with Gasteiger partial charge in [-0.1, -0.05) is 24.3 Å². The van der Waals surface area contributed by atoms with Crippen LogP contribution < -0.4 is 4.74 Å². The zero-order valence-corrected chi connectivity index (χ0v) is 16.2. The molecule has 1 saturated heterocycles. The molecule has 0 radical (unpaired) electrons. The van der Waals surface area contributed by atoms with Crippen LogP contribution in [-0.2, 0) is 22.4 Å². The molecule has 4 rings (SSSR count). The lowest BCUT2D eigenvalue weighted by Crippen LogP contribution is -2.41. The van der Waals surface area contributed by atoms with Crippen molar-refractivity contribution in [1.82, 2.24) is 4.90 Å². The van der Waals surface area contributed by atoms with E-state index in [0.717, 1.165) is 50.5 Å². The van der Waals surface area contributed by atoms with Crippen LogP contribution in [0.3, 0.4) is 0 Å². The summed E-state index contributed by atoms with van der Waals surface area (Å²) in [7, 11) is 0. The maximum Gasteiger partial charge on any atom is 0.123 e. The summed E-state index contributed by atoms with van der Waals surface area (Å²) in [6, 6.07) is 13.9. The third-order valence-electron chi connectivity index (χ3n) is 5.51. The van der Waals surface area contributed by atoms with Gasteiger partial charge in [-0.25, -0.2) is 4.39 Å². The van der Waals surface area contributed by atoms with Gasteiger partial charge in [-0.05, 0) is 42.2 Å². The summed E-state index contributed by atoms with van der Waals surface area (Å²) in [5, 5.41) is 0. The van der Waals surface area contributed by atoms with Crippen molar-refractivity contribution in [2.45, 2.75) is 31.8 Å². The number of fused-ring (bicyclic) bond motifs is 3. The Labute approximate surface area is 166 Å². The lowest BCUT2D eigenvalue weighted by Gasteiger charge is -2.34. The molecule has 0 N–H and O–H groups in total. The van der Waals surface area contributed by atoms with Gasteiger partial charge in [-0.3, -0.25) is 4.90 Å². The first-order valence-corrected chi connectivity index (χ1v) is 10.2. The molecular formula is C23H28FNO3. The number of benzene rings is 2. The fourth-order valence-corrected chi connectivity index (χ4v) is 4.05. The van der Waals surface area contributed by atoms with E-state index >= 15 is 0 Å². The molecule has 0 atom stereocenters. The Morgan fingerprint density at radius 2 is 1.68 bits per heavy atom. The van der Waals surface area contributed by atoms with Crippen LogP contribution in [0, 0.1) is 5.82 Å². The van der Waals surface area contributed by atoms with Crippen LogP contribution >= 0.6 is 0 Å². The number of ether oxygens (including phenoxy) is 3. The summed E-state index contributed by atoms with van der Waals surface area (Å²) in [6.07, 6.45) is 2.78. The Kier molecular flexibility index (Phi) is 6.57. The predicted molar refractivity (Wildman–Crippen MR) is 106 cm³/mol. The van der Waals surface area contributed by atoms with E-state index in [4.69, 9.17) is 14.2 Å². The van der Waals surface area contributed by atoms with Gasteiger partial charge in [-0.15, -0.1) is 0 Å². The SMILES string of the molecule is Fc1ccc2c(c1)Cc1cccc(c1)CN(C1CCOCC1)CCOCCO2. The molecule has 28 heavy (non-hydrogen) atoms. The normalized spacial score (nSPS) is 20.0. The molecule has 2 bridgehead atoms. The summed E-state index contributed by atoms with van der Waals surface area (Å²) in [6.45, 7) is 5.14. The summed E-state index contributed by atoms with van der Waals surface area (Å²) >= 11 is 0. The highest BCUT2D eigenvalue weighted by molar-refractivity contribution is 5.39. The van der Waals surface area contributed by atoms with E-state index in [2.05, 4.69) is 29.2 Å². The molecule has 0 aromatic heterocycles. The Balaban J connectivity index is 1.58. The van der Waals surface area contributed by atoms with Crippen LogP contribution in [0.4, 0.5) is 4.39 Å². The van der Waals surface area contributed by atoms with Crippen molar-refractivity contribution < 1.29 is 18.6 Å². The number of hydrogen-bond acceptors (Lipinski definition) is 4. The van der Waals surface area contributed by atoms with Crippen LogP contribution in [0.25, 0.3) is 0 Å². The van der Waals surface area contributed by atoms with Crippen LogP contribution in [0.1, 0.15) is 29.5 Å². The van der Waals surface area contributed by atoms with Gasteiger partial charge in [0.15, 0.2) is 0 Å². The van der Waals surface area contributed by atoms with Gasteiger partial charge in [0.1, 0.15) is 18.2 Å². The number of rotatable bonds is 1. The fraction of sp³-hybridized carbons (Fsp3) is 0.478. The Hall–Kier alpha value is -1.95. The van der Waals surface area contributed by atoms with E-state index in [9.17, 15) is 4.39 Å². The van der Waals surface area contributed by atoms with Crippen LogP contribution in [0.5, 0.6) is 5.75 Å². The Morgan fingerprint density at radius 1 is 0.857 bits per heavy atom. The molecule has 2 aromatic carbocycles. The lowest BCUT2D eigenvalue weighted by atomic mass is 10.0. The molecule has 0 amide bonds. The first-order chi connectivity index (χ1) is 13.8. The summed E-state index contributed by atoms with van der Waals surface area (Å²) in [5.41, 5.74) is 3.32. The fourth-order valence-electron chi connectivity index (χ4n) is 4.05. The highest BCUT2D eigenvalue weighted by Gasteiger charge is 2.22. The van der Waals surface area contributed by atoms with Gasteiger partial charge in [-0.2, -0.15) is 0 Å². The van der Waals surface area contributed by atoms with Crippen LogP contribution in [0.2, 0.25) is 0 Å². The topological polar surface area (TPSA) is 30.9 Å². The first-order valence-electron chi connectivity index (χ1n) is 10.2. The second kappa shape index (κ2) is 9.50. The Bertz CT molecular complexity index is 776. The van der Waals surface area contributed by atoms with Crippen molar-refractivity contribution in [1.29, 1.82) is 0 Å². The second-order valence-corrected chi connectivity index (χ2v) is 7.52. The van der Waals surface area contributed by atoms with Gasteiger partial charge in [0.2, 0.25) is 0 Å². The van der Waals surface area contributed by atoms with E-state index in [1.165, 1.54) is 17.2 Å². The lowest BCUT2D eigenvalue weighted by molar-refractivity contribution is 0.0133. The minimum Gasteiger partial charge on any atom is -0.491 e. The molecule has 1 fully saturated rings. The first kappa shape index (κ1) is 19.4. The van der Waals surface area contributed by atoms with E-state index in [1.54, 1.807) is 12.1 Å². The van der Waals surface area contributed by atoms with Crippen molar-refractivity contribution in [2.24, 2.45) is 0 Å².